The van der Waals surface area contributed by atoms with Crippen molar-refractivity contribution in [1.82, 2.24) is 4.98 Å². The van der Waals surface area contributed by atoms with E-state index in [9.17, 15) is 4.79 Å². The number of carboxylic acid groups (broad SMARTS) is 1. The Morgan fingerprint density at radius 1 is 1.44 bits per heavy atom. The first-order chi connectivity index (χ1) is 7.54. The quantitative estimate of drug-likeness (QED) is 0.808. The lowest BCUT2D eigenvalue weighted by molar-refractivity contribution is 0.0658. The molecule has 0 amide bonds. The number of hydrogen-bond donors (Lipinski definition) is 1. The summed E-state index contributed by atoms with van der Waals surface area (Å²) in [5.74, 6) is 0.108. The van der Waals surface area contributed by atoms with Crippen molar-refractivity contribution in [3.63, 3.8) is 0 Å². The minimum absolute atomic E-state index is 0.0145. The first-order valence-electron chi connectivity index (χ1n) is 5.76. The highest BCUT2D eigenvalue weighted by Gasteiger charge is 2.18. The van der Waals surface area contributed by atoms with Gasteiger partial charge in [0.2, 0.25) is 5.76 Å². The van der Waals surface area contributed by atoms with Crippen LogP contribution < -0.4 is 0 Å². The van der Waals surface area contributed by atoms with Gasteiger partial charge in [-0.3, -0.25) is 0 Å². The number of rotatable bonds is 6. The molecule has 0 aliphatic heterocycles. The maximum atomic E-state index is 10.9. The molecule has 4 heteroatoms. The zero-order valence-corrected chi connectivity index (χ0v) is 10.1. The molecule has 1 aromatic heterocycles. The predicted octanol–water partition coefficient (Wildman–Crippen LogP) is 2.91. The van der Waals surface area contributed by atoms with Gasteiger partial charge in [-0.05, 0) is 18.8 Å². The van der Waals surface area contributed by atoms with Crippen LogP contribution in [0.4, 0.5) is 0 Å². The molecule has 0 saturated heterocycles. The third-order valence-corrected chi connectivity index (χ3v) is 2.36. The van der Waals surface area contributed by atoms with Gasteiger partial charge in [0.25, 0.3) is 0 Å². The van der Waals surface area contributed by atoms with Gasteiger partial charge in [0.05, 0.1) is 5.69 Å². The van der Waals surface area contributed by atoms with Crippen LogP contribution in [0.3, 0.4) is 0 Å². The Labute approximate surface area is 95.7 Å². The number of carbonyl (C=O) groups is 1. The highest BCUT2D eigenvalue weighted by atomic mass is 16.4. The summed E-state index contributed by atoms with van der Waals surface area (Å²) in [5, 5.41) is 8.95. The minimum Gasteiger partial charge on any atom is -0.475 e. The molecule has 0 aliphatic carbocycles. The number of nitrogens with zero attached hydrogens (tertiary/aromatic N) is 1. The Morgan fingerprint density at radius 3 is 2.62 bits per heavy atom. The number of aryl methyl sites for hydroxylation is 2. The summed E-state index contributed by atoms with van der Waals surface area (Å²) in [6.45, 7) is 6.23. The summed E-state index contributed by atoms with van der Waals surface area (Å²) in [7, 11) is 0. The van der Waals surface area contributed by atoms with E-state index < -0.39 is 5.97 Å². The molecule has 90 valence electrons. The lowest BCUT2D eigenvalue weighted by Crippen LogP contribution is -1.99. The number of aromatic nitrogens is 1. The summed E-state index contributed by atoms with van der Waals surface area (Å²) < 4.78 is 5.27. The van der Waals surface area contributed by atoms with E-state index in [1.54, 1.807) is 0 Å². The van der Waals surface area contributed by atoms with Crippen LogP contribution in [0.25, 0.3) is 0 Å². The molecule has 0 radical (unpaired) electrons. The number of aromatic carboxylic acids is 1. The second-order valence-electron chi connectivity index (χ2n) is 4.37. The van der Waals surface area contributed by atoms with E-state index in [1.807, 2.05) is 6.92 Å². The molecule has 4 nitrogen and oxygen atoms in total. The average molecular weight is 225 g/mol. The van der Waals surface area contributed by atoms with Gasteiger partial charge in [-0.25, -0.2) is 9.78 Å². The Balaban J connectivity index is 2.79. The molecule has 1 rings (SSSR count). The van der Waals surface area contributed by atoms with Gasteiger partial charge in [0.15, 0.2) is 5.89 Å². The van der Waals surface area contributed by atoms with Crippen molar-refractivity contribution >= 4 is 5.97 Å². The lowest BCUT2D eigenvalue weighted by atomic mass is 10.1. The van der Waals surface area contributed by atoms with Crippen LogP contribution in [0.15, 0.2) is 4.42 Å². The molecule has 0 atom stereocenters. The van der Waals surface area contributed by atoms with E-state index in [-0.39, 0.29) is 5.76 Å². The molecule has 0 fully saturated rings. The topological polar surface area (TPSA) is 63.3 Å². The van der Waals surface area contributed by atoms with Crippen molar-refractivity contribution in [2.24, 2.45) is 5.92 Å². The largest absolute Gasteiger partial charge is 0.475 e. The van der Waals surface area contributed by atoms with Gasteiger partial charge in [0.1, 0.15) is 0 Å². The van der Waals surface area contributed by atoms with Crippen molar-refractivity contribution < 1.29 is 14.3 Å². The second-order valence-corrected chi connectivity index (χ2v) is 4.37. The lowest BCUT2D eigenvalue weighted by Gasteiger charge is -1.99. The standard InChI is InChI=1S/C12H19NO3/c1-4-5-9-11(12(14)15)16-10(13-9)7-6-8(2)3/h8H,4-7H2,1-3H3,(H,14,15). The smallest absolute Gasteiger partial charge is 0.373 e. The minimum atomic E-state index is -1.02. The maximum absolute atomic E-state index is 10.9. The number of oxazole rings is 1. The SMILES string of the molecule is CCCc1nc(CCC(C)C)oc1C(=O)O. The van der Waals surface area contributed by atoms with Crippen molar-refractivity contribution in [2.75, 3.05) is 0 Å². The average Bonchev–Trinajstić information content (AvgIpc) is 2.59. The van der Waals surface area contributed by atoms with Crippen LogP contribution in [0, 0.1) is 5.92 Å². The molecule has 0 saturated carbocycles. The summed E-state index contributed by atoms with van der Waals surface area (Å²) in [4.78, 5) is 15.2. The van der Waals surface area contributed by atoms with Gasteiger partial charge in [-0.2, -0.15) is 0 Å². The van der Waals surface area contributed by atoms with Crippen LogP contribution in [-0.2, 0) is 12.8 Å². The molecule has 0 aliphatic rings. The zero-order chi connectivity index (χ0) is 12.1. The van der Waals surface area contributed by atoms with Crippen LogP contribution in [-0.4, -0.2) is 16.1 Å². The molecular formula is C12H19NO3. The maximum Gasteiger partial charge on any atom is 0.373 e. The Hall–Kier alpha value is -1.32. The van der Waals surface area contributed by atoms with E-state index >= 15 is 0 Å². The third kappa shape index (κ3) is 3.36. The molecule has 0 spiro atoms. The number of carboxylic acids is 1. The van der Waals surface area contributed by atoms with Gasteiger partial charge in [0, 0.05) is 6.42 Å². The molecule has 0 aromatic carbocycles. The summed E-state index contributed by atoms with van der Waals surface area (Å²) >= 11 is 0. The summed E-state index contributed by atoms with van der Waals surface area (Å²) in [6.07, 6.45) is 3.20. The number of hydrogen-bond acceptors (Lipinski definition) is 3. The Morgan fingerprint density at radius 2 is 2.12 bits per heavy atom. The third-order valence-electron chi connectivity index (χ3n) is 2.36. The van der Waals surface area contributed by atoms with E-state index in [0.717, 1.165) is 12.8 Å². The van der Waals surface area contributed by atoms with Gasteiger partial charge in [-0.15, -0.1) is 0 Å². The van der Waals surface area contributed by atoms with Crippen LogP contribution in [0.2, 0.25) is 0 Å². The Bertz CT molecular complexity index is 355. The molecular weight excluding hydrogens is 206 g/mol. The molecule has 1 aromatic rings. The van der Waals surface area contributed by atoms with Crippen molar-refractivity contribution in [3.05, 3.63) is 17.3 Å². The first-order valence-corrected chi connectivity index (χ1v) is 5.76. The highest BCUT2D eigenvalue weighted by molar-refractivity contribution is 5.85. The summed E-state index contributed by atoms with van der Waals surface area (Å²) in [5.41, 5.74) is 0.578. The predicted molar refractivity (Wildman–Crippen MR) is 60.6 cm³/mol. The van der Waals surface area contributed by atoms with Gasteiger partial charge < -0.3 is 9.52 Å². The van der Waals surface area contributed by atoms with E-state index in [4.69, 9.17) is 9.52 Å². The fraction of sp³-hybridized carbons (Fsp3) is 0.667. The molecule has 0 unspecified atom stereocenters. The highest BCUT2D eigenvalue weighted by Crippen LogP contribution is 2.16. The van der Waals surface area contributed by atoms with E-state index in [1.165, 1.54) is 0 Å². The normalized spacial score (nSPS) is 11.0. The Kier molecular flexibility index (Phi) is 4.52. The fourth-order valence-electron chi connectivity index (χ4n) is 1.49. The van der Waals surface area contributed by atoms with Crippen molar-refractivity contribution in [1.29, 1.82) is 0 Å². The van der Waals surface area contributed by atoms with Crippen LogP contribution in [0.5, 0.6) is 0 Å². The van der Waals surface area contributed by atoms with Crippen molar-refractivity contribution in [2.45, 2.75) is 46.5 Å². The van der Waals surface area contributed by atoms with E-state index in [0.29, 0.717) is 30.3 Å². The molecule has 1 heterocycles. The summed E-state index contributed by atoms with van der Waals surface area (Å²) in [6, 6.07) is 0. The van der Waals surface area contributed by atoms with Crippen LogP contribution >= 0.6 is 0 Å². The first kappa shape index (κ1) is 12.7. The zero-order valence-electron chi connectivity index (χ0n) is 10.1. The fourth-order valence-corrected chi connectivity index (χ4v) is 1.49. The monoisotopic (exact) mass is 225 g/mol. The van der Waals surface area contributed by atoms with Crippen molar-refractivity contribution in [3.8, 4) is 0 Å². The van der Waals surface area contributed by atoms with Gasteiger partial charge in [-0.1, -0.05) is 27.2 Å². The molecule has 1 N–H and O–H groups in total. The van der Waals surface area contributed by atoms with Crippen LogP contribution in [0.1, 0.15) is 55.8 Å². The second kappa shape index (κ2) is 5.68. The molecule has 16 heavy (non-hydrogen) atoms. The van der Waals surface area contributed by atoms with E-state index in [2.05, 4.69) is 18.8 Å². The van der Waals surface area contributed by atoms with Gasteiger partial charge >= 0.3 is 5.97 Å². The molecule has 0 bridgehead atoms.